The van der Waals surface area contributed by atoms with Crippen molar-refractivity contribution < 1.29 is 4.42 Å². The largest absolute Gasteiger partial charge is 0.419 e. The summed E-state index contributed by atoms with van der Waals surface area (Å²) < 4.78 is 5.67. The van der Waals surface area contributed by atoms with Crippen LogP contribution >= 0.6 is 0 Å². The van der Waals surface area contributed by atoms with Gasteiger partial charge in [-0.1, -0.05) is 12.1 Å². The van der Waals surface area contributed by atoms with Crippen LogP contribution in [-0.4, -0.2) is 17.2 Å². The van der Waals surface area contributed by atoms with Crippen LogP contribution in [0.4, 0.5) is 0 Å². The first-order chi connectivity index (χ1) is 8.13. The minimum atomic E-state index is 0.0707. The van der Waals surface area contributed by atoms with E-state index in [0.717, 1.165) is 5.56 Å². The third kappa shape index (κ3) is 2.22. The molecule has 0 aliphatic rings. The van der Waals surface area contributed by atoms with Crippen LogP contribution in [0.25, 0.3) is 11.5 Å². The van der Waals surface area contributed by atoms with Gasteiger partial charge in [0.25, 0.3) is 0 Å². The molecule has 2 aromatic rings. The van der Waals surface area contributed by atoms with E-state index in [4.69, 9.17) is 4.42 Å². The van der Waals surface area contributed by atoms with Crippen LogP contribution in [0.5, 0.6) is 0 Å². The molecule has 0 radical (unpaired) electrons. The van der Waals surface area contributed by atoms with Gasteiger partial charge in [-0.25, -0.2) is 0 Å². The van der Waals surface area contributed by atoms with E-state index in [-0.39, 0.29) is 6.04 Å². The lowest BCUT2D eigenvalue weighted by Crippen LogP contribution is -2.12. The van der Waals surface area contributed by atoms with Crippen molar-refractivity contribution in [1.29, 1.82) is 0 Å². The van der Waals surface area contributed by atoms with Crippen LogP contribution in [0.1, 0.15) is 30.0 Å². The van der Waals surface area contributed by atoms with Crippen LogP contribution in [0, 0.1) is 13.8 Å². The number of rotatable bonds is 3. The van der Waals surface area contributed by atoms with Gasteiger partial charge in [-0.15, -0.1) is 10.2 Å². The minimum absolute atomic E-state index is 0.0707. The van der Waals surface area contributed by atoms with Gasteiger partial charge in [0.05, 0.1) is 6.04 Å². The van der Waals surface area contributed by atoms with Gasteiger partial charge in [0, 0.05) is 5.56 Å². The number of nitrogens with zero attached hydrogens (tertiary/aromatic N) is 2. The summed E-state index contributed by atoms with van der Waals surface area (Å²) in [5.74, 6) is 1.20. The number of benzene rings is 1. The van der Waals surface area contributed by atoms with Crippen LogP contribution in [0.2, 0.25) is 0 Å². The van der Waals surface area contributed by atoms with Crippen molar-refractivity contribution in [2.45, 2.75) is 26.8 Å². The molecule has 1 atom stereocenters. The summed E-state index contributed by atoms with van der Waals surface area (Å²) in [6.45, 7) is 6.13. The molecule has 0 fully saturated rings. The molecule has 90 valence electrons. The maximum absolute atomic E-state index is 5.67. The highest BCUT2D eigenvalue weighted by molar-refractivity contribution is 5.59. The first-order valence-corrected chi connectivity index (χ1v) is 5.70. The molecule has 0 aliphatic heterocycles. The highest BCUT2D eigenvalue weighted by Gasteiger charge is 2.14. The zero-order valence-electron chi connectivity index (χ0n) is 10.6. The molecule has 0 saturated heterocycles. The standard InChI is InChI=1S/C13H17N3O/c1-8-6-5-7-11(9(8)2)13-16-15-12(17-13)10(3)14-4/h5-7,10,14H,1-4H3. The van der Waals surface area contributed by atoms with Gasteiger partial charge in [-0.2, -0.15) is 0 Å². The molecule has 4 nitrogen and oxygen atoms in total. The molecule has 0 amide bonds. The summed E-state index contributed by atoms with van der Waals surface area (Å²) in [5, 5.41) is 11.2. The lowest BCUT2D eigenvalue weighted by molar-refractivity contribution is 0.441. The molecule has 1 aromatic heterocycles. The molecular formula is C13H17N3O. The number of aromatic nitrogens is 2. The van der Waals surface area contributed by atoms with E-state index in [1.165, 1.54) is 11.1 Å². The van der Waals surface area contributed by atoms with Gasteiger partial charge < -0.3 is 9.73 Å². The Morgan fingerprint density at radius 1 is 1.24 bits per heavy atom. The van der Waals surface area contributed by atoms with Gasteiger partial charge in [0.2, 0.25) is 11.8 Å². The minimum Gasteiger partial charge on any atom is -0.419 e. The fourth-order valence-electron chi connectivity index (χ4n) is 1.62. The van der Waals surface area contributed by atoms with Crippen molar-refractivity contribution in [3.05, 3.63) is 35.2 Å². The third-order valence-corrected chi connectivity index (χ3v) is 3.08. The Hall–Kier alpha value is -1.68. The average Bonchev–Trinajstić information content (AvgIpc) is 2.81. The predicted molar refractivity (Wildman–Crippen MR) is 66.7 cm³/mol. The topological polar surface area (TPSA) is 51.0 Å². The number of hydrogen-bond donors (Lipinski definition) is 1. The second-order valence-electron chi connectivity index (χ2n) is 4.20. The molecule has 1 N–H and O–H groups in total. The van der Waals surface area contributed by atoms with Crippen molar-refractivity contribution in [3.8, 4) is 11.5 Å². The monoisotopic (exact) mass is 231 g/mol. The lowest BCUT2D eigenvalue weighted by atomic mass is 10.0. The Labute approximate surface area is 101 Å². The molecular weight excluding hydrogens is 214 g/mol. The second-order valence-corrected chi connectivity index (χ2v) is 4.20. The quantitative estimate of drug-likeness (QED) is 0.882. The Balaban J connectivity index is 2.40. The Bertz CT molecular complexity index is 519. The van der Waals surface area contributed by atoms with Gasteiger partial charge >= 0.3 is 0 Å². The molecule has 2 rings (SSSR count). The van der Waals surface area contributed by atoms with Crippen LogP contribution < -0.4 is 5.32 Å². The third-order valence-electron chi connectivity index (χ3n) is 3.08. The Morgan fingerprint density at radius 2 is 2.00 bits per heavy atom. The van der Waals surface area contributed by atoms with Gasteiger partial charge in [-0.3, -0.25) is 0 Å². The molecule has 4 heteroatoms. The summed E-state index contributed by atoms with van der Waals surface area (Å²) in [5.41, 5.74) is 3.41. The smallest absolute Gasteiger partial charge is 0.248 e. The summed E-state index contributed by atoms with van der Waals surface area (Å²) in [4.78, 5) is 0. The maximum Gasteiger partial charge on any atom is 0.248 e. The molecule has 0 bridgehead atoms. The fraction of sp³-hybridized carbons (Fsp3) is 0.385. The summed E-state index contributed by atoms with van der Waals surface area (Å²) >= 11 is 0. The number of hydrogen-bond acceptors (Lipinski definition) is 4. The van der Waals surface area contributed by atoms with E-state index in [0.29, 0.717) is 11.8 Å². The van der Waals surface area contributed by atoms with E-state index in [2.05, 4.69) is 35.4 Å². The van der Waals surface area contributed by atoms with Crippen molar-refractivity contribution in [1.82, 2.24) is 15.5 Å². The number of nitrogens with one attached hydrogen (secondary N) is 1. The normalized spacial score (nSPS) is 12.7. The van der Waals surface area contributed by atoms with E-state index < -0.39 is 0 Å². The van der Waals surface area contributed by atoms with Crippen LogP contribution in [0.15, 0.2) is 22.6 Å². The van der Waals surface area contributed by atoms with Gasteiger partial charge in [0.15, 0.2) is 0 Å². The Kier molecular flexibility index (Phi) is 3.24. The van der Waals surface area contributed by atoms with Gasteiger partial charge in [-0.05, 0) is 45.0 Å². The van der Waals surface area contributed by atoms with E-state index >= 15 is 0 Å². The second kappa shape index (κ2) is 4.67. The lowest BCUT2D eigenvalue weighted by Gasteiger charge is -2.05. The van der Waals surface area contributed by atoms with Crippen molar-refractivity contribution in [3.63, 3.8) is 0 Å². The van der Waals surface area contributed by atoms with Crippen LogP contribution in [0.3, 0.4) is 0 Å². The average molecular weight is 231 g/mol. The molecule has 0 saturated carbocycles. The SMILES string of the molecule is CNC(C)c1nnc(-c2cccc(C)c2C)o1. The summed E-state index contributed by atoms with van der Waals surface area (Å²) in [6, 6.07) is 6.15. The molecule has 17 heavy (non-hydrogen) atoms. The highest BCUT2D eigenvalue weighted by atomic mass is 16.4. The summed E-state index contributed by atoms with van der Waals surface area (Å²) in [7, 11) is 1.87. The van der Waals surface area contributed by atoms with Crippen molar-refractivity contribution in [2.75, 3.05) is 7.05 Å². The first-order valence-electron chi connectivity index (χ1n) is 5.70. The molecule has 1 heterocycles. The van der Waals surface area contributed by atoms with Crippen molar-refractivity contribution in [2.24, 2.45) is 0 Å². The zero-order valence-corrected chi connectivity index (χ0v) is 10.6. The van der Waals surface area contributed by atoms with E-state index in [1.807, 2.05) is 26.1 Å². The molecule has 1 aromatic carbocycles. The highest BCUT2D eigenvalue weighted by Crippen LogP contribution is 2.25. The van der Waals surface area contributed by atoms with Crippen LogP contribution in [-0.2, 0) is 0 Å². The summed E-state index contributed by atoms with van der Waals surface area (Å²) in [6.07, 6.45) is 0. The maximum atomic E-state index is 5.67. The number of aryl methyl sites for hydroxylation is 1. The Morgan fingerprint density at radius 3 is 2.71 bits per heavy atom. The first kappa shape index (κ1) is 11.8. The molecule has 1 unspecified atom stereocenters. The fourth-order valence-corrected chi connectivity index (χ4v) is 1.62. The molecule has 0 aliphatic carbocycles. The van der Waals surface area contributed by atoms with Gasteiger partial charge in [0.1, 0.15) is 0 Å². The molecule has 0 spiro atoms. The predicted octanol–water partition coefficient (Wildman–Crippen LogP) is 2.63. The zero-order chi connectivity index (χ0) is 12.4. The van der Waals surface area contributed by atoms with Crippen molar-refractivity contribution >= 4 is 0 Å². The van der Waals surface area contributed by atoms with E-state index in [9.17, 15) is 0 Å². The van der Waals surface area contributed by atoms with E-state index in [1.54, 1.807) is 0 Å².